The number of allylic oxidation sites excluding steroid dienone is 2. The molecule has 0 saturated heterocycles. The van der Waals surface area contributed by atoms with Gasteiger partial charge in [0.1, 0.15) is 0 Å². The van der Waals surface area contributed by atoms with Gasteiger partial charge in [-0.15, -0.1) is 0 Å². The van der Waals surface area contributed by atoms with Crippen molar-refractivity contribution < 1.29 is 0 Å². The van der Waals surface area contributed by atoms with E-state index < -0.39 is 0 Å². The Morgan fingerprint density at radius 2 is 1.73 bits per heavy atom. The first-order valence-corrected chi connectivity index (χ1v) is 4.27. The highest BCUT2D eigenvalue weighted by Gasteiger charge is 2.09. The van der Waals surface area contributed by atoms with Crippen LogP contribution in [0.5, 0.6) is 0 Å². The molecule has 0 fully saturated rings. The van der Waals surface area contributed by atoms with E-state index in [-0.39, 0.29) is 5.41 Å². The molecule has 0 aliphatic carbocycles. The molecule has 0 atom stereocenters. The van der Waals surface area contributed by atoms with Gasteiger partial charge in [0.2, 0.25) is 0 Å². The van der Waals surface area contributed by atoms with Crippen LogP contribution in [0.25, 0.3) is 0 Å². The molecular weight excluding hydrogens is 134 g/mol. The van der Waals surface area contributed by atoms with Crippen LogP contribution in [0, 0.1) is 11.3 Å². The van der Waals surface area contributed by atoms with Crippen LogP contribution in [0.2, 0.25) is 0 Å². The van der Waals surface area contributed by atoms with Gasteiger partial charge in [0.15, 0.2) is 0 Å². The Morgan fingerprint density at radius 1 is 1.27 bits per heavy atom. The second-order valence-corrected chi connectivity index (χ2v) is 4.37. The van der Waals surface area contributed by atoms with Crippen LogP contribution >= 0.6 is 0 Å². The van der Waals surface area contributed by atoms with Gasteiger partial charge in [0.05, 0.1) is 0 Å². The molecule has 1 N–H and O–H groups in total. The smallest absolute Gasteiger partial charge is 0.00948 e. The van der Waals surface area contributed by atoms with E-state index in [1.807, 2.05) is 7.05 Å². The van der Waals surface area contributed by atoms with E-state index in [2.05, 4.69) is 46.0 Å². The highest BCUT2D eigenvalue weighted by atomic mass is 14.8. The van der Waals surface area contributed by atoms with Crippen molar-refractivity contribution in [2.24, 2.45) is 11.3 Å². The molecule has 0 aromatic heterocycles. The van der Waals surface area contributed by atoms with Crippen LogP contribution in [0.4, 0.5) is 0 Å². The quantitative estimate of drug-likeness (QED) is 0.646. The molecule has 0 aromatic carbocycles. The van der Waals surface area contributed by atoms with Gasteiger partial charge in [0.25, 0.3) is 0 Å². The molecule has 0 radical (unpaired) electrons. The lowest BCUT2D eigenvalue weighted by Gasteiger charge is -2.18. The second-order valence-electron chi connectivity index (χ2n) is 4.37. The van der Waals surface area contributed by atoms with Gasteiger partial charge in [-0.2, -0.15) is 0 Å². The van der Waals surface area contributed by atoms with Gasteiger partial charge < -0.3 is 5.32 Å². The Labute approximate surface area is 70.9 Å². The maximum atomic E-state index is 3.22. The Hall–Kier alpha value is -0.460. The zero-order valence-corrected chi connectivity index (χ0v) is 8.65. The largest absolute Gasteiger partial charge is 0.391 e. The first kappa shape index (κ1) is 10.5. The van der Waals surface area contributed by atoms with Crippen LogP contribution < -0.4 is 5.32 Å². The van der Waals surface area contributed by atoms with Crippen molar-refractivity contribution >= 4 is 0 Å². The van der Waals surface area contributed by atoms with E-state index in [9.17, 15) is 0 Å². The third-order valence-electron chi connectivity index (χ3n) is 1.50. The normalized spacial score (nSPS) is 13.9. The van der Waals surface area contributed by atoms with Crippen molar-refractivity contribution in [3.05, 3.63) is 11.8 Å². The van der Waals surface area contributed by atoms with Crippen LogP contribution in [-0.2, 0) is 0 Å². The first-order chi connectivity index (χ1) is 4.87. The van der Waals surface area contributed by atoms with Crippen molar-refractivity contribution in [3.8, 4) is 0 Å². The van der Waals surface area contributed by atoms with Gasteiger partial charge in [-0.05, 0) is 11.3 Å². The third kappa shape index (κ3) is 4.88. The minimum Gasteiger partial charge on any atom is -0.391 e. The number of rotatable bonds is 2. The lowest BCUT2D eigenvalue weighted by Crippen LogP contribution is -2.15. The number of hydrogen-bond donors (Lipinski definition) is 1. The molecule has 0 amide bonds. The highest BCUT2D eigenvalue weighted by Crippen LogP contribution is 2.19. The van der Waals surface area contributed by atoms with E-state index in [0.29, 0.717) is 5.92 Å². The SMILES string of the molecule is CN/C(=C\C(C)(C)C)C(C)C. The monoisotopic (exact) mass is 155 g/mol. The summed E-state index contributed by atoms with van der Waals surface area (Å²) in [6.45, 7) is 11.0. The first-order valence-electron chi connectivity index (χ1n) is 4.27. The van der Waals surface area contributed by atoms with Crippen LogP contribution in [-0.4, -0.2) is 7.05 Å². The highest BCUT2D eigenvalue weighted by molar-refractivity contribution is 5.06. The molecule has 0 bridgehead atoms. The fraction of sp³-hybridized carbons (Fsp3) is 0.800. The lowest BCUT2D eigenvalue weighted by atomic mass is 9.93. The van der Waals surface area contributed by atoms with Crippen molar-refractivity contribution in [2.45, 2.75) is 34.6 Å². The third-order valence-corrected chi connectivity index (χ3v) is 1.50. The molecule has 0 spiro atoms. The van der Waals surface area contributed by atoms with E-state index in [0.717, 1.165) is 0 Å². The summed E-state index contributed by atoms with van der Waals surface area (Å²) >= 11 is 0. The molecule has 0 aromatic rings. The second kappa shape index (κ2) is 3.80. The molecule has 0 aliphatic rings. The van der Waals surface area contributed by atoms with E-state index in [4.69, 9.17) is 0 Å². The maximum absolute atomic E-state index is 3.22. The molecule has 1 nitrogen and oxygen atoms in total. The van der Waals surface area contributed by atoms with Crippen molar-refractivity contribution in [1.29, 1.82) is 0 Å². The summed E-state index contributed by atoms with van der Waals surface area (Å²) < 4.78 is 0. The number of nitrogens with one attached hydrogen (secondary N) is 1. The molecule has 1 heteroatoms. The molecule has 0 saturated carbocycles. The summed E-state index contributed by atoms with van der Waals surface area (Å²) in [5, 5.41) is 3.22. The van der Waals surface area contributed by atoms with Gasteiger partial charge in [-0.25, -0.2) is 0 Å². The predicted molar refractivity (Wildman–Crippen MR) is 51.4 cm³/mol. The van der Waals surface area contributed by atoms with E-state index in [1.54, 1.807) is 0 Å². The summed E-state index contributed by atoms with van der Waals surface area (Å²) in [5.41, 5.74) is 1.61. The molecule has 0 heterocycles. The van der Waals surface area contributed by atoms with Gasteiger partial charge >= 0.3 is 0 Å². The summed E-state index contributed by atoms with van der Waals surface area (Å²) in [4.78, 5) is 0. The number of hydrogen-bond acceptors (Lipinski definition) is 1. The summed E-state index contributed by atoms with van der Waals surface area (Å²) in [6.07, 6.45) is 2.29. The fourth-order valence-electron chi connectivity index (χ4n) is 0.994. The van der Waals surface area contributed by atoms with Crippen LogP contribution in [0.1, 0.15) is 34.6 Å². The maximum Gasteiger partial charge on any atom is 0.00948 e. The summed E-state index contributed by atoms with van der Waals surface area (Å²) in [5.74, 6) is 0.597. The van der Waals surface area contributed by atoms with Crippen molar-refractivity contribution in [3.63, 3.8) is 0 Å². The standard InChI is InChI=1S/C10H21N/c1-8(2)9(11-6)7-10(3,4)5/h7-8,11H,1-6H3/b9-7-. The lowest BCUT2D eigenvalue weighted by molar-refractivity contribution is 0.523. The molecule has 11 heavy (non-hydrogen) atoms. The van der Waals surface area contributed by atoms with Crippen molar-refractivity contribution in [2.75, 3.05) is 7.05 Å². The Balaban J connectivity index is 4.36. The molecule has 0 unspecified atom stereocenters. The van der Waals surface area contributed by atoms with E-state index >= 15 is 0 Å². The average molecular weight is 155 g/mol. The van der Waals surface area contributed by atoms with E-state index in [1.165, 1.54) is 5.70 Å². The molecule has 66 valence electrons. The Kier molecular flexibility index (Phi) is 3.64. The zero-order chi connectivity index (χ0) is 9.07. The molecular formula is C10H21N. The van der Waals surface area contributed by atoms with Gasteiger partial charge in [-0.1, -0.05) is 40.7 Å². The molecule has 0 rings (SSSR count). The van der Waals surface area contributed by atoms with Gasteiger partial charge in [0, 0.05) is 12.7 Å². The van der Waals surface area contributed by atoms with Gasteiger partial charge in [-0.3, -0.25) is 0 Å². The fourth-order valence-corrected chi connectivity index (χ4v) is 0.994. The van der Waals surface area contributed by atoms with Crippen molar-refractivity contribution in [1.82, 2.24) is 5.32 Å². The minimum atomic E-state index is 0.280. The average Bonchev–Trinajstić information content (AvgIpc) is 1.80. The summed E-state index contributed by atoms with van der Waals surface area (Å²) in [6, 6.07) is 0. The molecule has 0 aliphatic heterocycles. The topological polar surface area (TPSA) is 12.0 Å². The minimum absolute atomic E-state index is 0.280. The van der Waals surface area contributed by atoms with Crippen LogP contribution in [0.3, 0.4) is 0 Å². The zero-order valence-electron chi connectivity index (χ0n) is 8.65. The summed E-state index contributed by atoms with van der Waals surface area (Å²) in [7, 11) is 1.98. The Morgan fingerprint density at radius 3 is 1.82 bits per heavy atom. The van der Waals surface area contributed by atoms with Crippen LogP contribution in [0.15, 0.2) is 11.8 Å². The Bertz CT molecular complexity index is 137. The predicted octanol–water partition coefficient (Wildman–Crippen LogP) is 2.79.